The van der Waals surface area contributed by atoms with Crippen LogP contribution in [0.5, 0.6) is 0 Å². The van der Waals surface area contributed by atoms with Crippen molar-refractivity contribution >= 4 is 67.4 Å². The molecule has 1 atom stereocenters. The van der Waals surface area contributed by atoms with E-state index in [1.807, 2.05) is 30.5 Å². The Labute approximate surface area is 172 Å². The lowest BCUT2D eigenvalue weighted by Gasteiger charge is -2.27. The summed E-state index contributed by atoms with van der Waals surface area (Å²) in [6.07, 6.45) is 2.42. The molecule has 2 aliphatic heterocycles. The zero-order valence-electron chi connectivity index (χ0n) is 14.8. The predicted molar refractivity (Wildman–Crippen MR) is 113 cm³/mol. The van der Waals surface area contributed by atoms with Crippen LogP contribution in [0, 0.1) is 0 Å². The van der Waals surface area contributed by atoms with Gasteiger partial charge >= 0.3 is 0 Å². The van der Waals surface area contributed by atoms with Gasteiger partial charge in [-0.05, 0) is 30.9 Å². The molecule has 0 aromatic carbocycles. The van der Waals surface area contributed by atoms with Gasteiger partial charge in [0.2, 0.25) is 5.91 Å². The minimum atomic E-state index is -3.05. The van der Waals surface area contributed by atoms with Gasteiger partial charge < -0.3 is 4.90 Å². The first-order valence-electron chi connectivity index (χ1n) is 8.59. The van der Waals surface area contributed by atoms with Crippen molar-refractivity contribution in [3.05, 3.63) is 27.3 Å². The van der Waals surface area contributed by atoms with Crippen LogP contribution >= 0.6 is 35.3 Å². The third-order valence-corrected chi connectivity index (χ3v) is 8.50. The van der Waals surface area contributed by atoms with Gasteiger partial charge in [-0.3, -0.25) is 14.5 Å². The molecule has 1 aromatic rings. The summed E-state index contributed by atoms with van der Waals surface area (Å²) in [5.74, 6) is -0.172. The van der Waals surface area contributed by atoms with Crippen LogP contribution in [0.2, 0.25) is 0 Å². The molecule has 10 heteroatoms. The molecule has 0 spiro atoms. The van der Waals surface area contributed by atoms with E-state index in [-0.39, 0.29) is 42.3 Å². The van der Waals surface area contributed by atoms with Crippen molar-refractivity contribution in [2.24, 2.45) is 0 Å². The van der Waals surface area contributed by atoms with E-state index in [4.69, 9.17) is 12.2 Å². The molecule has 1 unspecified atom stereocenters. The van der Waals surface area contributed by atoms with Crippen molar-refractivity contribution in [2.75, 3.05) is 24.6 Å². The Hall–Kier alpha value is -1.23. The maximum atomic E-state index is 12.6. The molecule has 3 heterocycles. The minimum Gasteiger partial charge on any atom is -0.339 e. The molecule has 3 rings (SSSR count). The van der Waals surface area contributed by atoms with Crippen molar-refractivity contribution in [2.45, 2.75) is 25.8 Å². The lowest BCUT2D eigenvalue weighted by atomic mass is 10.2. The van der Waals surface area contributed by atoms with E-state index in [9.17, 15) is 18.0 Å². The van der Waals surface area contributed by atoms with E-state index in [2.05, 4.69) is 0 Å². The third-order valence-electron chi connectivity index (χ3n) is 4.55. The molecule has 2 amide bonds. The molecule has 0 saturated carbocycles. The molecule has 0 aliphatic carbocycles. The smallest absolute Gasteiger partial charge is 0.266 e. The Balaban J connectivity index is 1.61. The number of thiocarbonyl (C=S) groups is 1. The highest BCUT2D eigenvalue weighted by Crippen LogP contribution is 2.33. The van der Waals surface area contributed by atoms with Crippen molar-refractivity contribution in [1.29, 1.82) is 0 Å². The van der Waals surface area contributed by atoms with Crippen LogP contribution in [0.15, 0.2) is 22.4 Å². The normalized spacial score (nSPS) is 23.4. The largest absolute Gasteiger partial charge is 0.339 e. The monoisotopic (exact) mass is 444 g/mol. The van der Waals surface area contributed by atoms with E-state index >= 15 is 0 Å². The molecule has 2 fully saturated rings. The molecule has 2 saturated heterocycles. The number of sulfone groups is 1. The van der Waals surface area contributed by atoms with Gasteiger partial charge in [-0.25, -0.2) is 8.42 Å². The SMILES string of the molecule is CCN(C(=O)CCN1C(=O)C(=Cc2cccs2)SC1=S)C1CCS(=O)(=O)C1. The van der Waals surface area contributed by atoms with Gasteiger partial charge in [0.05, 0.1) is 16.4 Å². The van der Waals surface area contributed by atoms with Crippen LogP contribution in [0.1, 0.15) is 24.6 Å². The summed E-state index contributed by atoms with van der Waals surface area (Å²) >= 11 is 8.08. The molecule has 0 radical (unpaired) electrons. The van der Waals surface area contributed by atoms with Crippen molar-refractivity contribution < 1.29 is 18.0 Å². The molecule has 6 nitrogen and oxygen atoms in total. The van der Waals surface area contributed by atoms with Crippen LogP contribution in [0.4, 0.5) is 0 Å². The van der Waals surface area contributed by atoms with Crippen LogP contribution < -0.4 is 0 Å². The predicted octanol–water partition coefficient (Wildman–Crippen LogP) is 2.38. The van der Waals surface area contributed by atoms with Crippen LogP contribution in [0.3, 0.4) is 0 Å². The first kappa shape index (κ1) is 20.5. The highest BCUT2D eigenvalue weighted by atomic mass is 32.2. The van der Waals surface area contributed by atoms with Gasteiger partial charge in [0, 0.05) is 30.4 Å². The quantitative estimate of drug-likeness (QED) is 0.495. The second kappa shape index (κ2) is 8.42. The molecular weight excluding hydrogens is 424 g/mol. The first-order chi connectivity index (χ1) is 12.8. The summed E-state index contributed by atoms with van der Waals surface area (Å²) in [5.41, 5.74) is 0. The minimum absolute atomic E-state index is 0.0250. The zero-order valence-corrected chi connectivity index (χ0v) is 18.1. The number of nitrogens with zero attached hydrogens (tertiary/aromatic N) is 2. The topological polar surface area (TPSA) is 74.8 Å². The summed E-state index contributed by atoms with van der Waals surface area (Å²) in [4.78, 5) is 29.8. The Morgan fingerprint density at radius 1 is 1.48 bits per heavy atom. The number of hydrogen-bond acceptors (Lipinski definition) is 7. The number of amides is 2. The van der Waals surface area contributed by atoms with E-state index in [0.717, 1.165) is 4.88 Å². The lowest BCUT2D eigenvalue weighted by molar-refractivity contribution is -0.133. The number of hydrogen-bond donors (Lipinski definition) is 0. The molecule has 1 aromatic heterocycles. The van der Waals surface area contributed by atoms with Gasteiger partial charge in [-0.1, -0.05) is 30.0 Å². The van der Waals surface area contributed by atoms with Crippen LogP contribution in [-0.2, 0) is 19.4 Å². The molecular formula is C17H20N2O4S4. The molecule has 146 valence electrons. The highest BCUT2D eigenvalue weighted by Gasteiger charge is 2.35. The molecule has 0 N–H and O–H groups in total. The van der Waals surface area contributed by atoms with Gasteiger partial charge in [0.25, 0.3) is 5.91 Å². The van der Waals surface area contributed by atoms with E-state index in [1.54, 1.807) is 4.90 Å². The van der Waals surface area contributed by atoms with E-state index in [0.29, 0.717) is 22.2 Å². The van der Waals surface area contributed by atoms with Crippen molar-refractivity contribution in [1.82, 2.24) is 9.80 Å². The van der Waals surface area contributed by atoms with Crippen LogP contribution in [-0.4, -0.2) is 65.0 Å². The maximum absolute atomic E-state index is 12.6. The van der Waals surface area contributed by atoms with Gasteiger partial charge in [0.1, 0.15) is 4.32 Å². The lowest BCUT2D eigenvalue weighted by Crippen LogP contribution is -2.42. The van der Waals surface area contributed by atoms with Crippen LogP contribution in [0.25, 0.3) is 6.08 Å². The van der Waals surface area contributed by atoms with Gasteiger partial charge in [0.15, 0.2) is 9.84 Å². The average molecular weight is 445 g/mol. The molecule has 2 aliphatic rings. The summed E-state index contributed by atoms with van der Waals surface area (Å²) in [6.45, 7) is 2.50. The first-order valence-corrected chi connectivity index (χ1v) is 12.5. The Kier molecular flexibility index (Phi) is 6.39. The number of carbonyl (C=O) groups excluding carboxylic acids is 2. The summed E-state index contributed by atoms with van der Waals surface area (Å²) < 4.78 is 23.8. The fourth-order valence-electron chi connectivity index (χ4n) is 3.21. The second-order valence-corrected chi connectivity index (χ2v) is 11.2. The van der Waals surface area contributed by atoms with Crippen molar-refractivity contribution in [3.8, 4) is 0 Å². The third kappa shape index (κ3) is 4.79. The molecule has 27 heavy (non-hydrogen) atoms. The summed E-state index contributed by atoms with van der Waals surface area (Å²) in [6, 6.07) is 3.57. The van der Waals surface area contributed by atoms with Gasteiger partial charge in [-0.15, -0.1) is 11.3 Å². The fourth-order valence-corrected chi connectivity index (χ4v) is 6.97. The highest BCUT2D eigenvalue weighted by molar-refractivity contribution is 8.26. The standard InChI is InChI=1S/C17H20N2O4S4/c1-2-18(12-6-9-27(22,23)11-12)15(20)5-7-19-16(21)14(26-17(19)24)10-13-4-3-8-25-13/h3-4,8,10,12H,2,5-7,9,11H2,1H3. The average Bonchev–Trinajstić information content (AvgIpc) is 3.29. The number of thioether (sulfide) groups is 1. The molecule has 0 bridgehead atoms. The Bertz CT molecular complexity index is 877. The fraction of sp³-hybridized carbons (Fsp3) is 0.471. The second-order valence-electron chi connectivity index (χ2n) is 6.34. The Morgan fingerprint density at radius 3 is 2.85 bits per heavy atom. The van der Waals surface area contributed by atoms with Crippen molar-refractivity contribution in [3.63, 3.8) is 0 Å². The van der Waals surface area contributed by atoms with E-state index < -0.39 is 9.84 Å². The number of thiophene rings is 1. The Morgan fingerprint density at radius 2 is 2.26 bits per heavy atom. The number of carbonyl (C=O) groups is 2. The summed E-state index contributed by atoms with van der Waals surface area (Å²) in [7, 11) is -3.05. The van der Waals surface area contributed by atoms with Gasteiger partial charge in [-0.2, -0.15) is 0 Å². The number of rotatable bonds is 6. The van der Waals surface area contributed by atoms with E-state index in [1.165, 1.54) is 28.0 Å². The summed E-state index contributed by atoms with van der Waals surface area (Å²) in [5, 5.41) is 1.94. The zero-order chi connectivity index (χ0) is 19.6. The maximum Gasteiger partial charge on any atom is 0.266 e.